The SMILES string of the molecule is C[C@]12CCC[C@@H](c3ccc(O)cc3)N1CCC2.[HH]. The highest BCUT2D eigenvalue weighted by Crippen LogP contribution is 2.46. The first-order valence-electron chi connectivity index (χ1n) is 6.75. The maximum absolute atomic E-state index is 9.38. The third kappa shape index (κ3) is 1.85. The molecular weight excluding hydrogens is 210 g/mol. The molecule has 1 aromatic carbocycles. The van der Waals surface area contributed by atoms with E-state index >= 15 is 0 Å². The molecule has 0 spiro atoms. The summed E-state index contributed by atoms with van der Waals surface area (Å²) in [5.74, 6) is 0.369. The molecule has 2 aliphatic rings. The van der Waals surface area contributed by atoms with E-state index in [0.29, 0.717) is 17.3 Å². The van der Waals surface area contributed by atoms with Gasteiger partial charge in [0, 0.05) is 13.0 Å². The quantitative estimate of drug-likeness (QED) is 0.799. The molecule has 0 radical (unpaired) electrons. The highest BCUT2D eigenvalue weighted by Gasteiger charge is 2.43. The van der Waals surface area contributed by atoms with Gasteiger partial charge in [-0.2, -0.15) is 0 Å². The molecule has 2 nitrogen and oxygen atoms in total. The second-order valence-electron chi connectivity index (χ2n) is 5.79. The van der Waals surface area contributed by atoms with Gasteiger partial charge in [-0.15, -0.1) is 0 Å². The van der Waals surface area contributed by atoms with Crippen LogP contribution >= 0.6 is 0 Å². The van der Waals surface area contributed by atoms with Crippen molar-refractivity contribution in [3.8, 4) is 5.75 Å². The average Bonchev–Trinajstić information content (AvgIpc) is 2.71. The summed E-state index contributed by atoms with van der Waals surface area (Å²) < 4.78 is 0. The van der Waals surface area contributed by atoms with Gasteiger partial charge < -0.3 is 5.11 Å². The van der Waals surface area contributed by atoms with Gasteiger partial charge in [0.1, 0.15) is 5.75 Å². The second kappa shape index (κ2) is 4.02. The van der Waals surface area contributed by atoms with E-state index in [2.05, 4.69) is 24.0 Å². The van der Waals surface area contributed by atoms with E-state index in [0.717, 1.165) is 0 Å². The standard InChI is InChI=1S/C15H21NO.H2/c1-15-9-2-4-14(16(15)11-3-10-15)12-5-7-13(17)8-6-12;/h5-8,14,17H,2-4,9-11H2,1H3;1H/t14-,15+;/m0./s1. The van der Waals surface area contributed by atoms with Gasteiger partial charge in [0.25, 0.3) is 0 Å². The lowest BCUT2D eigenvalue weighted by atomic mass is 9.83. The van der Waals surface area contributed by atoms with E-state index in [4.69, 9.17) is 0 Å². The summed E-state index contributed by atoms with van der Waals surface area (Å²) >= 11 is 0. The van der Waals surface area contributed by atoms with Crippen LogP contribution in [0.3, 0.4) is 0 Å². The molecule has 1 aromatic rings. The molecule has 0 aliphatic carbocycles. The fourth-order valence-electron chi connectivity index (χ4n) is 3.72. The monoisotopic (exact) mass is 233 g/mol. The van der Waals surface area contributed by atoms with Crippen molar-refractivity contribution < 1.29 is 6.53 Å². The number of aromatic hydroxyl groups is 1. The van der Waals surface area contributed by atoms with Crippen LogP contribution in [0.25, 0.3) is 0 Å². The van der Waals surface area contributed by atoms with E-state index < -0.39 is 0 Å². The molecule has 2 heterocycles. The van der Waals surface area contributed by atoms with Crippen LogP contribution in [0.5, 0.6) is 5.75 Å². The van der Waals surface area contributed by atoms with Crippen molar-refractivity contribution in [1.82, 2.24) is 4.90 Å². The molecule has 0 bridgehead atoms. The zero-order valence-electron chi connectivity index (χ0n) is 10.5. The van der Waals surface area contributed by atoms with Crippen LogP contribution in [0.15, 0.2) is 24.3 Å². The molecule has 3 rings (SSSR count). The Hall–Kier alpha value is -1.02. The highest BCUT2D eigenvalue weighted by molar-refractivity contribution is 5.29. The van der Waals surface area contributed by atoms with Gasteiger partial charge >= 0.3 is 0 Å². The largest absolute Gasteiger partial charge is 0.508 e. The Morgan fingerprint density at radius 3 is 2.71 bits per heavy atom. The third-order valence-electron chi connectivity index (χ3n) is 4.65. The van der Waals surface area contributed by atoms with Gasteiger partial charge in [-0.05, 0) is 63.3 Å². The first-order chi connectivity index (χ1) is 8.19. The predicted octanol–water partition coefficient (Wildman–Crippen LogP) is 3.72. The van der Waals surface area contributed by atoms with Crippen molar-refractivity contribution in [3.05, 3.63) is 29.8 Å². The lowest BCUT2D eigenvalue weighted by Crippen LogP contribution is -2.46. The van der Waals surface area contributed by atoms with Gasteiger partial charge in [0.2, 0.25) is 0 Å². The maximum Gasteiger partial charge on any atom is 0.115 e. The number of piperidine rings is 1. The van der Waals surface area contributed by atoms with Crippen molar-refractivity contribution in [2.75, 3.05) is 6.54 Å². The van der Waals surface area contributed by atoms with Crippen molar-refractivity contribution >= 4 is 0 Å². The molecule has 1 N–H and O–H groups in total. The number of fused-ring (bicyclic) bond motifs is 1. The van der Waals surface area contributed by atoms with Crippen LogP contribution in [0.1, 0.15) is 52.1 Å². The molecule has 17 heavy (non-hydrogen) atoms. The molecule has 0 saturated carbocycles. The van der Waals surface area contributed by atoms with Crippen molar-refractivity contribution in [2.24, 2.45) is 0 Å². The topological polar surface area (TPSA) is 23.5 Å². The number of phenols is 1. The van der Waals surface area contributed by atoms with Crippen LogP contribution in [0.2, 0.25) is 0 Å². The van der Waals surface area contributed by atoms with Crippen molar-refractivity contribution in [1.29, 1.82) is 0 Å². The van der Waals surface area contributed by atoms with E-state index in [1.807, 2.05) is 12.1 Å². The molecule has 2 heteroatoms. The number of hydrogen-bond acceptors (Lipinski definition) is 2. The molecule has 2 saturated heterocycles. The van der Waals surface area contributed by atoms with Crippen LogP contribution in [-0.4, -0.2) is 22.1 Å². The summed E-state index contributed by atoms with van der Waals surface area (Å²) in [7, 11) is 0. The van der Waals surface area contributed by atoms with Gasteiger partial charge in [0.15, 0.2) is 0 Å². The average molecular weight is 233 g/mol. The van der Waals surface area contributed by atoms with Gasteiger partial charge in [-0.3, -0.25) is 4.90 Å². The van der Waals surface area contributed by atoms with Crippen LogP contribution in [0.4, 0.5) is 0 Å². The Morgan fingerprint density at radius 2 is 1.94 bits per heavy atom. The van der Waals surface area contributed by atoms with Gasteiger partial charge in [0.05, 0.1) is 0 Å². The number of phenolic OH excluding ortho intramolecular Hbond substituents is 1. The van der Waals surface area contributed by atoms with E-state index in [1.165, 1.54) is 44.2 Å². The molecule has 2 atom stereocenters. The molecule has 2 aliphatic heterocycles. The molecule has 94 valence electrons. The molecule has 2 fully saturated rings. The number of benzene rings is 1. The lowest BCUT2D eigenvalue weighted by Gasteiger charge is -2.45. The minimum absolute atomic E-state index is 0. The van der Waals surface area contributed by atoms with Crippen molar-refractivity contribution in [2.45, 2.75) is 50.6 Å². The Kier molecular flexibility index (Phi) is 2.62. The fraction of sp³-hybridized carbons (Fsp3) is 0.600. The number of nitrogens with zero attached hydrogens (tertiary/aromatic N) is 1. The summed E-state index contributed by atoms with van der Waals surface area (Å²) in [6.45, 7) is 3.66. The van der Waals surface area contributed by atoms with Gasteiger partial charge in [-0.1, -0.05) is 12.1 Å². The molecule has 0 unspecified atom stereocenters. The summed E-state index contributed by atoms with van der Waals surface area (Å²) in [5.41, 5.74) is 1.80. The summed E-state index contributed by atoms with van der Waals surface area (Å²) in [6.07, 6.45) is 6.63. The van der Waals surface area contributed by atoms with Crippen molar-refractivity contribution in [3.63, 3.8) is 0 Å². The molecule has 0 amide bonds. The smallest absolute Gasteiger partial charge is 0.115 e. The highest BCUT2D eigenvalue weighted by atomic mass is 16.3. The first kappa shape index (κ1) is 11.1. The number of rotatable bonds is 1. The Morgan fingerprint density at radius 1 is 1.24 bits per heavy atom. The van der Waals surface area contributed by atoms with Gasteiger partial charge in [-0.25, -0.2) is 0 Å². The summed E-state index contributed by atoms with van der Waals surface area (Å²) in [6, 6.07) is 8.37. The number of hydrogen-bond donors (Lipinski definition) is 1. The van der Waals surface area contributed by atoms with Crippen LogP contribution in [-0.2, 0) is 0 Å². The zero-order chi connectivity index (χ0) is 11.9. The summed E-state index contributed by atoms with van der Waals surface area (Å²) in [5, 5.41) is 9.38. The first-order valence-corrected chi connectivity index (χ1v) is 6.75. The Balaban J connectivity index is 0.00000120. The fourth-order valence-corrected chi connectivity index (χ4v) is 3.72. The minimum atomic E-state index is 0. The minimum Gasteiger partial charge on any atom is -0.508 e. The van der Waals surface area contributed by atoms with E-state index in [9.17, 15) is 5.11 Å². The van der Waals surface area contributed by atoms with Crippen LogP contribution < -0.4 is 0 Å². The van der Waals surface area contributed by atoms with E-state index in [1.54, 1.807) is 0 Å². The van der Waals surface area contributed by atoms with Crippen LogP contribution in [0, 0.1) is 0 Å². The van der Waals surface area contributed by atoms with E-state index in [-0.39, 0.29) is 1.43 Å². The molecular formula is C15H23NO. The Bertz CT molecular complexity index is 405. The predicted molar refractivity (Wildman–Crippen MR) is 71.2 cm³/mol. The third-order valence-corrected chi connectivity index (χ3v) is 4.65. The normalized spacial score (nSPS) is 33.6. The molecule has 0 aromatic heterocycles. The lowest BCUT2D eigenvalue weighted by molar-refractivity contribution is 0.0495. The Labute approximate surface area is 105 Å². The maximum atomic E-state index is 9.38. The summed E-state index contributed by atoms with van der Waals surface area (Å²) in [4.78, 5) is 2.70. The zero-order valence-corrected chi connectivity index (χ0v) is 10.5. The second-order valence-corrected chi connectivity index (χ2v) is 5.79.